The van der Waals surface area contributed by atoms with Gasteiger partial charge in [-0.05, 0) is 43.3 Å². The Balaban J connectivity index is 1.43. The van der Waals surface area contributed by atoms with Crippen LogP contribution in [0.3, 0.4) is 0 Å². The van der Waals surface area contributed by atoms with Crippen LogP contribution in [0.2, 0.25) is 0 Å². The molecule has 1 N–H and O–H groups in total. The molecule has 0 radical (unpaired) electrons. The molecule has 150 valence electrons. The standard InChI is InChI=1S/C22H17N3O5/c1-14-6-4-7-15(12-14)21-25-24-19(30-21)13-29-22(27)16-8-2-3-9-17(16)23-20(26)18-10-5-11-28-18/h2-12H,13H2,1H3,(H,23,26). The van der Waals surface area contributed by atoms with Crippen molar-refractivity contribution in [3.05, 3.63) is 89.7 Å². The zero-order valence-corrected chi connectivity index (χ0v) is 16.0. The van der Waals surface area contributed by atoms with Crippen molar-refractivity contribution in [2.45, 2.75) is 13.5 Å². The summed E-state index contributed by atoms with van der Waals surface area (Å²) in [6.07, 6.45) is 1.39. The Morgan fingerprint density at radius 3 is 2.70 bits per heavy atom. The maximum Gasteiger partial charge on any atom is 0.340 e. The molecule has 0 bridgehead atoms. The maximum absolute atomic E-state index is 12.5. The van der Waals surface area contributed by atoms with E-state index in [-0.39, 0.29) is 23.8 Å². The van der Waals surface area contributed by atoms with E-state index >= 15 is 0 Å². The van der Waals surface area contributed by atoms with E-state index in [0.29, 0.717) is 11.6 Å². The number of carbonyl (C=O) groups excluding carboxylic acids is 2. The Labute approximate surface area is 171 Å². The average Bonchev–Trinajstić information content (AvgIpc) is 3.45. The van der Waals surface area contributed by atoms with Crippen molar-refractivity contribution in [2.75, 3.05) is 5.32 Å². The van der Waals surface area contributed by atoms with Gasteiger partial charge in [0.2, 0.25) is 5.89 Å². The summed E-state index contributed by atoms with van der Waals surface area (Å²) in [7, 11) is 0. The molecule has 0 aliphatic rings. The van der Waals surface area contributed by atoms with Crippen molar-refractivity contribution in [2.24, 2.45) is 0 Å². The van der Waals surface area contributed by atoms with Gasteiger partial charge in [0.25, 0.3) is 11.8 Å². The highest BCUT2D eigenvalue weighted by atomic mass is 16.5. The molecule has 4 aromatic rings. The number of amides is 1. The molecule has 4 rings (SSSR count). The first-order valence-corrected chi connectivity index (χ1v) is 9.10. The van der Waals surface area contributed by atoms with Gasteiger partial charge < -0.3 is 18.9 Å². The molecule has 2 heterocycles. The zero-order chi connectivity index (χ0) is 20.9. The maximum atomic E-state index is 12.5. The highest BCUT2D eigenvalue weighted by molar-refractivity contribution is 6.06. The summed E-state index contributed by atoms with van der Waals surface area (Å²) >= 11 is 0. The van der Waals surface area contributed by atoms with Gasteiger partial charge in [0.15, 0.2) is 12.4 Å². The lowest BCUT2D eigenvalue weighted by Gasteiger charge is -2.09. The minimum atomic E-state index is -0.638. The van der Waals surface area contributed by atoms with Crippen LogP contribution in [0.25, 0.3) is 11.5 Å². The van der Waals surface area contributed by atoms with Gasteiger partial charge in [-0.15, -0.1) is 10.2 Å². The number of hydrogen-bond donors (Lipinski definition) is 1. The molecular weight excluding hydrogens is 386 g/mol. The van der Waals surface area contributed by atoms with Crippen LogP contribution < -0.4 is 5.32 Å². The van der Waals surface area contributed by atoms with Crippen molar-refractivity contribution in [3.63, 3.8) is 0 Å². The smallest absolute Gasteiger partial charge is 0.340 e. The van der Waals surface area contributed by atoms with Gasteiger partial charge in [-0.3, -0.25) is 4.79 Å². The van der Waals surface area contributed by atoms with E-state index in [1.54, 1.807) is 30.3 Å². The van der Waals surface area contributed by atoms with Gasteiger partial charge in [-0.1, -0.05) is 29.8 Å². The van der Waals surface area contributed by atoms with E-state index in [1.807, 2.05) is 31.2 Å². The second-order valence-corrected chi connectivity index (χ2v) is 6.42. The van der Waals surface area contributed by atoms with E-state index in [1.165, 1.54) is 12.3 Å². The summed E-state index contributed by atoms with van der Waals surface area (Å²) in [5.41, 5.74) is 2.34. The van der Waals surface area contributed by atoms with Crippen LogP contribution in [0.1, 0.15) is 32.4 Å². The third-order valence-corrected chi connectivity index (χ3v) is 4.20. The number of aryl methyl sites for hydroxylation is 1. The van der Waals surface area contributed by atoms with Crippen LogP contribution in [-0.4, -0.2) is 22.1 Å². The summed E-state index contributed by atoms with van der Waals surface area (Å²) in [5.74, 6) is -0.471. The van der Waals surface area contributed by atoms with Crippen molar-refractivity contribution >= 4 is 17.6 Å². The van der Waals surface area contributed by atoms with E-state index in [4.69, 9.17) is 13.6 Å². The molecule has 0 aliphatic carbocycles. The molecule has 0 unspecified atom stereocenters. The predicted molar refractivity (Wildman–Crippen MR) is 107 cm³/mol. The Morgan fingerprint density at radius 2 is 1.90 bits per heavy atom. The molecule has 0 aliphatic heterocycles. The SMILES string of the molecule is Cc1cccc(-c2nnc(COC(=O)c3ccccc3NC(=O)c3ccco3)o2)c1. The number of rotatable bonds is 6. The van der Waals surface area contributed by atoms with Crippen LogP contribution >= 0.6 is 0 Å². The minimum Gasteiger partial charge on any atom is -0.459 e. The first kappa shape index (κ1) is 19.1. The fourth-order valence-corrected chi connectivity index (χ4v) is 2.77. The molecule has 2 aromatic carbocycles. The summed E-state index contributed by atoms with van der Waals surface area (Å²) in [4.78, 5) is 24.7. The number of carbonyl (C=O) groups is 2. The molecule has 0 fully saturated rings. The number of para-hydroxylation sites is 1. The number of hydrogen-bond acceptors (Lipinski definition) is 7. The molecule has 0 spiro atoms. The molecule has 0 atom stereocenters. The van der Waals surface area contributed by atoms with Gasteiger partial charge in [0.05, 0.1) is 17.5 Å². The topological polar surface area (TPSA) is 107 Å². The molecule has 2 aromatic heterocycles. The molecule has 1 amide bonds. The number of nitrogens with zero attached hydrogens (tertiary/aromatic N) is 2. The molecular formula is C22H17N3O5. The van der Waals surface area contributed by atoms with Crippen molar-refractivity contribution < 1.29 is 23.2 Å². The Kier molecular flexibility index (Phi) is 5.38. The summed E-state index contributed by atoms with van der Waals surface area (Å²) in [5, 5.41) is 10.5. The minimum absolute atomic E-state index is 0.132. The lowest BCUT2D eigenvalue weighted by molar-refractivity contribution is 0.0440. The van der Waals surface area contributed by atoms with Crippen molar-refractivity contribution in [3.8, 4) is 11.5 Å². The van der Waals surface area contributed by atoms with Crippen LogP contribution in [0, 0.1) is 6.92 Å². The lowest BCUT2D eigenvalue weighted by Crippen LogP contribution is -2.15. The van der Waals surface area contributed by atoms with E-state index in [9.17, 15) is 9.59 Å². The van der Waals surface area contributed by atoms with Gasteiger partial charge in [0.1, 0.15) is 0 Å². The molecule has 0 saturated heterocycles. The third-order valence-electron chi connectivity index (χ3n) is 4.20. The molecule has 8 nitrogen and oxygen atoms in total. The van der Waals surface area contributed by atoms with E-state index in [2.05, 4.69) is 15.5 Å². The number of anilines is 1. The molecule has 30 heavy (non-hydrogen) atoms. The number of nitrogens with one attached hydrogen (secondary N) is 1. The quantitative estimate of drug-likeness (QED) is 0.480. The Bertz CT molecular complexity index is 1180. The lowest BCUT2D eigenvalue weighted by atomic mass is 10.1. The number of benzene rings is 2. The van der Waals surface area contributed by atoms with Crippen LogP contribution in [-0.2, 0) is 11.3 Å². The van der Waals surface area contributed by atoms with Gasteiger partial charge in [0, 0.05) is 5.56 Å². The number of esters is 1. The van der Waals surface area contributed by atoms with Crippen LogP contribution in [0.15, 0.2) is 75.8 Å². The van der Waals surface area contributed by atoms with E-state index < -0.39 is 11.9 Å². The highest BCUT2D eigenvalue weighted by Crippen LogP contribution is 2.21. The Hall–Kier alpha value is -4.20. The van der Waals surface area contributed by atoms with Crippen molar-refractivity contribution in [1.82, 2.24) is 10.2 Å². The van der Waals surface area contributed by atoms with Gasteiger partial charge >= 0.3 is 5.97 Å². The largest absolute Gasteiger partial charge is 0.459 e. The zero-order valence-electron chi connectivity index (χ0n) is 16.0. The number of aromatic nitrogens is 2. The fourth-order valence-electron chi connectivity index (χ4n) is 2.77. The average molecular weight is 403 g/mol. The number of ether oxygens (including phenoxy) is 1. The monoisotopic (exact) mass is 403 g/mol. The molecule has 0 saturated carbocycles. The van der Waals surface area contributed by atoms with E-state index in [0.717, 1.165) is 11.1 Å². The van der Waals surface area contributed by atoms with Gasteiger partial charge in [-0.2, -0.15) is 0 Å². The third kappa shape index (κ3) is 4.27. The predicted octanol–water partition coefficient (Wildman–Crippen LogP) is 4.25. The van der Waals surface area contributed by atoms with Crippen LogP contribution in [0.5, 0.6) is 0 Å². The second kappa shape index (κ2) is 8.44. The summed E-state index contributed by atoms with van der Waals surface area (Å²) < 4.78 is 15.9. The number of furan rings is 1. The first-order valence-electron chi connectivity index (χ1n) is 9.10. The van der Waals surface area contributed by atoms with Gasteiger partial charge in [-0.25, -0.2) is 4.79 Å². The highest BCUT2D eigenvalue weighted by Gasteiger charge is 2.18. The molecule has 8 heteroatoms. The van der Waals surface area contributed by atoms with Crippen LogP contribution in [0.4, 0.5) is 5.69 Å². The fraction of sp³-hybridized carbons (Fsp3) is 0.0909. The second-order valence-electron chi connectivity index (χ2n) is 6.42. The van der Waals surface area contributed by atoms with Crippen molar-refractivity contribution in [1.29, 1.82) is 0 Å². The Morgan fingerprint density at radius 1 is 1.03 bits per heavy atom. The summed E-state index contributed by atoms with van der Waals surface area (Å²) in [6, 6.07) is 17.3. The first-order chi connectivity index (χ1) is 14.6. The normalized spacial score (nSPS) is 10.6. The summed E-state index contributed by atoms with van der Waals surface area (Å²) in [6.45, 7) is 1.77.